The van der Waals surface area contributed by atoms with Crippen LogP contribution in [-0.4, -0.2) is 49.6 Å². The third-order valence-corrected chi connectivity index (χ3v) is 8.52. The van der Waals surface area contributed by atoms with E-state index in [4.69, 9.17) is 16.3 Å². The van der Waals surface area contributed by atoms with E-state index in [9.17, 15) is 18.4 Å². The van der Waals surface area contributed by atoms with Crippen LogP contribution in [0.5, 0.6) is 0 Å². The Morgan fingerprint density at radius 1 is 1.24 bits per heavy atom. The zero-order valence-electron chi connectivity index (χ0n) is 23.1. The highest BCUT2D eigenvalue weighted by molar-refractivity contribution is 6.35. The van der Waals surface area contributed by atoms with E-state index in [0.29, 0.717) is 69.3 Å². The molecule has 9 nitrogen and oxygen atoms in total. The number of hydrogen-bond acceptors (Lipinski definition) is 8. The van der Waals surface area contributed by atoms with Crippen LogP contribution in [0.3, 0.4) is 0 Å². The van der Waals surface area contributed by atoms with Crippen molar-refractivity contribution in [1.82, 2.24) is 25.0 Å². The molecule has 4 aromatic rings. The number of pyridine rings is 2. The summed E-state index contributed by atoms with van der Waals surface area (Å²) in [4.78, 5) is 8.39. The van der Waals surface area contributed by atoms with Crippen molar-refractivity contribution in [3.63, 3.8) is 0 Å². The molecule has 0 radical (unpaired) electrons. The molecular weight excluding hydrogens is 569 g/mol. The molecule has 13 heteroatoms. The van der Waals surface area contributed by atoms with Crippen LogP contribution in [0.25, 0.3) is 10.9 Å². The van der Waals surface area contributed by atoms with Gasteiger partial charge in [0.1, 0.15) is 17.3 Å². The zero-order valence-corrected chi connectivity index (χ0v) is 23.9. The minimum absolute atomic E-state index is 0.0640. The summed E-state index contributed by atoms with van der Waals surface area (Å²) < 4.78 is 48.7. The Kier molecular flexibility index (Phi) is 6.98. The van der Waals surface area contributed by atoms with Crippen LogP contribution in [0.4, 0.5) is 24.5 Å². The fraction of sp³-hybridized carbons (Fsp3) is 0.414. The molecule has 218 valence electrons. The van der Waals surface area contributed by atoms with Crippen LogP contribution in [0, 0.1) is 24.2 Å². The first-order valence-electron chi connectivity index (χ1n) is 13.6. The molecule has 42 heavy (non-hydrogen) atoms. The Labute approximate surface area is 245 Å². The predicted octanol–water partition coefficient (Wildman–Crippen LogP) is 6.13. The molecule has 1 saturated heterocycles. The van der Waals surface area contributed by atoms with Gasteiger partial charge in [0.05, 0.1) is 45.7 Å². The van der Waals surface area contributed by atoms with Gasteiger partial charge in [-0.2, -0.15) is 9.65 Å². The maximum Gasteiger partial charge on any atom is 0.263 e. The molecule has 1 aliphatic heterocycles. The molecule has 6 rings (SSSR count). The van der Waals surface area contributed by atoms with Crippen LogP contribution >= 0.6 is 11.6 Å². The Morgan fingerprint density at radius 2 is 2.02 bits per heavy atom. The molecule has 1 aromatic carbocycles. The summed E-state index contributed by atoms with van der Waals surface area (Å²) in [7, 11) is 0. The predicted molar refractivity (Wildman–Crippen MR) is 151 cm³/mol. The summed E-state index contributed by atoms with van der Waals surface area (Å²) in [6, 6.07) is 7.70. The summed E-state index contributed by atoms with van der Waals surface area (Å²) in [5.41, 5.74) is 1.45. The van der Waals surface area contributed by atoms with Crippen molar-refractivity contribution in [3.05, 3.63) is 70.1 Å². The molecule has 1 aliphatic carbocycles. The Bertz CT molecular complexity index is 1720. The summed E-state index contributed by atoms with van der Waals surface area (Å²) in [6.45, 7) is 6.22. The van der Waals surface area contributed by atoms with E-state index in [2.05, 4.69) is 37.0 Å². The molecule has 2 fully saturated rings. The first kappa shape index (κ1) is 28.2. The van der Waals surface area contributed by atoms with E-state index in [0.717, 1.165) is 6.42 Å². The van der Waals surface area contributed by atoms with E-state index in [-0.39, 0.29) is 6.04 Å². The number of hydrogen-bond donors (Lipinski definition) is 2. The number of alkyl halides is 2. The number of aromatic nitrogens is 5. The third-order valence-electron chi connectivity index (χ3n) is 8.23. The highest BCUT2D eigenvalue weighted by Crippen LogP contribution is 2.48. The maximum atomic E-state index is 13.9. The van der Waals surface area contributed by atoms with Gasteiger partial charge in [-0.25, -0.2) is 18.4 Å². The number of nitriles is 1. The average Bonchev–Trinajstić information content (AvgIpc) is 3.49. The van der Waals surface area contributed by atoms with Gasteiger partial charge in [-0.3, -0.25) is 4.98 Å². The van der Waals surface area contributed by atoms with Gasteiger partial charge in [-0.05, 0) is 58.2 Å². The number of anilines is 2. The highest BCUT2D eigenvalue weighted by Gasteiger charge is 2.54. The molecule has 1 saturated carbocycles. The summed E-state index contributed by atoms with van der Waals surface area (Å²) in [5.74, 6) is -0.647. The van der Waals surface area contributed by atoms with E-state index in [1.54, 1.807) is 19.1 Å². The number of benzene rings is 1. The van der Waals surface area contributed by atoms with Crippen LogP contribution in [0.2, 0.25) is 5.02 Å². The lowest BCUT2D eigenvalue weighted by Crippen LogP contribution is -2.38. The number of ether oxygens (including phenoxy) is 1. The van der Waals surface area contributed by atoms with Crippen molar-refractivity contribution in [2.75, 3.05) is 17.2 Å². The van der Waals surface area contributed by atoms with Crippen LogP contribution in [0.15, 0.2) is 36.7 Å². The second kappa shape index (κ2) is 10.4. The summed E-state index contributed by atoms with van der Waals surface area (Å²) in [6.07, 6.45) is 1.74. The maximum absolute atomic E-state index is 13.9. The minimum atomic E-state index is -2.59. The standard InChI is InChI=1S/C29H28ClF3N8O/c1-15-18(4-5-23(31)36-15)26(21-14-41(40-39-21)29(7-8-29)27(32)33)37-17-10-19-24(38-22-6-9-42-28(22,2)3)16(12-34)13-35-25(19)20(30)11-17/h4-5,10-11,13-14,22,26-27,37H,6-9H2,1-3H3,(H,35,38)/t22?,26-/m0/s1. The zero-order chi connectivity index (χ0) is 29.8. The average molecular weight is 597 g/mol. The Balaban J connectivity index is 1.44. The van der Waals surface area contributed by atoms with Gasteiger partial charge < -0.3 is 15.4 Å². The fourth-order valence-corrected chi connectivity index (χ4v) is 5.79. The second-order valence-corrected chi connectivity index (χ2v) is 11.7. The third kappa shape index (κ3) is 4.90. The van der Waals surface area contributed by atoms with Crippen molar-refractivity contribution in [1.29, 1.82) is 5.26 Å². The molecule has 1 unspecified atom stereocenters. The van der Waals surface area contributed by atoms with Gasteiger partial charge in [0.15, 0.2) is 0 Å². The van der Waals surface area contributed by atoms with E-state index < -0.39 is 29.6 Å². The number of rotatable bonds is 8. The Morgan fingerprint density at radius 3 is 2.67 bits per heavy atom. The quantitative estimate of drug-likeness (QED) is 0.234. The van der Waals surface area contributed by atoms with Crippen molar-refractivity contribution < 1.29 is 17.9 Å². The van der Waals surface area contributed by atoms with Crippen LogP contribution in [0.1, 0.15) is 61.7 Å². The molecule has 2 atom stereocenters. The minimum Gasteiger partial charge on any atom is -0.378 e. The number of aryl methyl sites for hydroxylation is 1. The van der Waals surface area contributed by atoms with Crippen molar-refractivity contribution in [3.8, 4) is 6.07 Å². The van der Waals surface area contributed by atoms with Gasteiger partial charge in [-0.1, -0.05) is 22.9 Å². The van der Waals surface area contributed by atoms with Gasteiger partial charge in [-0.15, -0.1) is 5.10 Å². The number of fused-ring (bicyclic) bond motifs is 1. The molecule has 2 N–H and O–H groups in total. The molecule has 0 amide bonds. The molecule has 4 heterocycles. The van der Waals surface area contributed by atoms with Gasteiger partial charge in [0.25, 0.3) is 6.43 Å². The lowest BCUT2D eigenvalue weighted by atomic mass is 9.97. The molecule has 0 spiro atoms. The smallest absolute Gasteiger partial charge is 0.263 e. The first-order chi connectivity index (χ1) is 20.0. The SMILES string of the molecule is Cc1nc(F)ccc1[C@H](Nc1cc(Cl)c2ncc(C#N)c(NC3CCOC3(C)C)c2c1)c1cn(C2(C(F)F)CC2)nn1. The van der Waals surface area contributed by atoms with Crippen molar-refractivity contribution >= 4 is 33.9 Å². The number of nitrogens with one attached hydrogen (secondary N) is 2. The largest absolute Gasteiger partial charge is 0.378 e. The molecule has 2 aliphatic rings. The van der Waals surface area contributed by atoms with Crippen molar-refractivity contribution in [2.24, 2.45) is 0 Å². The fourth-order valence-electron chi connectivity index (χ4n) is 5.52. The first-order valence-corrected chi connectivity index (χ1v) is 13.9. The number of nitrogens with zero attached hydrogens (tertiary/aromatic N) is 6. The molecule has 3 aromatic heterocycles. The Hall–Kier alpha value is -3.95. The van der Waals surface area contributed by atoms with E-state index in [1.807, 2.05) is 19.9 Å². The number of halogens is 4. The molecule has 0 bridgehead atoms. The van der Waals surface area contributed by atoms with E-state index in [1.165, 1.54) is 23.1 Å². The monoisotopic (exact) mass is 596 g/mol. The lowest BCUT2D eigenvalue weighted by molar-refractivity contribution is 0.0315. The summed E-state index contributed by atoms with van der Waals surface area (Å²) >= 11 is 6.72. The van der Waals surface area contributed by atoms with Gasteiger partial charge >= 0.3 is 0 Å². The summed E-state index contributed by atoms with van der Waals surface area (Å²) in [5, 5.41) is 26.0. The van der Waals surface area contributed by atoms with E-state index >= 15 is 0 Å². The van der Waals surface area contributed by atoms with Gasteiger partial charge in [0, 0.05) is 35.1 Å². The normalized spacial score (nSPS) is 19.5. The lowest BCUT2D eigenvalue weighted by Gasteiger charge is -2.28. The van der Waals surface area contributed by atoms with Gasteiger partial charge in [0.2, 0.25) is 5.95 Å². The van der Waals surface area contributed by atoms with Crippen LogP contribution < -0.4 is 10.6 Å². The molecular formula is C29H28ClF3N8O. The van der Waals surface area contributed by atoms with Crippen molar-refractivity contribution in [2.45, 2.75) is 69.7 Å². The topological polar surface area (TPSA) is 114 Å². The second-order valence-electron chi connectivity index (χ2n) is 11.3. The highest BCUT2D eigenvalue weighted by atomic mass is 35.5. The van der Waals surface area contributed by atoms with Crippen LogP contribution in [-0.2, 0) is 10.3 Å².